The summed E-state index contributed by atoms with van der Waals surface area (Å²) in [6, 6.07) is 4.07. The number of nitrogens with two attached hydrogens (primary N) is 1. The predicted molar refractivity (Wildman–Crippen MR) is 74.9 cm³/mol. The van der Waals surface area contributed by atoms with Gasteiger partial charge in [0.15, 0.2) is 0 Å². The van der Waals surface area contributed by atoms with Crippen molar-refractivity contribution in [2.24, 2.45) is 5.73 Å². The van der Waals surface area contributed by atoms with Crippen LogP contribution in [0.5, 0.6) is 0 Å². The topological polar surface area (TPSA) is 52.3 Å². The van der Waals surface area contributed by atoms with Gasteiger partial charge in [0.05, 0.1) is 6.61 Å². The number of hydrogen-bond donors (Lipinski definition) is 1. The second-order valence-corrected chi connectivity index (χ2v) is 5.60. The van der Waals surface area contributed by atoms with E-state index in [0.29, 0.717) is 22.6 Å². The molecule has 0 fully saturated rings. The molecule has 1 rings (SSSR count). The van der Waals surface area contributed by atoms with Gasteiger partial charge in [-0.15, -0.1) is 0 Å². The molecule has 0 spiro atoms. The van der Waals surface area contributed by atoms with Crippen LogP contribution >= 0.6 is 27.7 Å². The van der Waals surface area contributed by atoms with E-state index < -0.39 is 12.0 Å². The second kappa shape index (κ2) is 7.76. The molecule has 0 aromatic heterocycles. The van der Waals surface area contributed by atoms with Gasteiger partial charge in [0.1, 0.15) is 11.9 Å². The van der Waals surface area contributed by atoms with Crippen molar-refractivity contribution < 1.29 is 13.9 Å². The number of esters is 1. The molecule has 3 nitrogen and oxygen atoms in total. The van der Waals surface area contributed by atoms with Crippen LogP contribution in [0.25, 0.3) is 0 Å². The minimum absolute atomic E-state index is 0.283. The number of halogens is 2. The van der Waals surface area contributed by atoms with Gasteiger partial charge in [0.2, 0.25) is 0 Å². The third kappa shape index (κ3) is 5.37. The van der Waals surface area contributed by atoms with Crippen molar-refractivity contribution in [2.75, 3.05) is 12.4 Å². The van der Waals surface area contributed by atoms with Crippen LogP contribution in [0.4, 0.5) is 4.39 Å². The number of hydrogen-bond acceptors (Lipinski definition) is 4. The minimum atomic E-state index is -0.632. The fourth-order valence-electron chi connectivity index (χ4n) is 1.32. The lowest BCUT2D eigenvalue weighted by molar-refractivity contribution is -0.144. The molecule has 0 bridgehead atoms. The Morgan fingerprint density at radius 2 is 2.28 bits per heavy atom. The Labute approximate surface area is 118 Å². The van der Waals surface area contributed by atoms with E-state index in [4.69, 9.17) is 10.5 Å². The van der Waals surface area contributed by atoms with E-state index in [9.17, 15) is 9.18 Å². The first-order valence-corrected chi connectivity index (χ1v) is 7.42. The van der Waals surface area contributed by atoms with Gasteiger partial charge < -0.3 is 10.5 Å². The van der Waals surface area contributed by atoms with Crippen molar-refractivity contribution in [1.29, 1.82) is 0 Å². The molecule has 0 heterocycles. The summed E-state index contributed by atoms with van der Waals surface area (Å²) in [5, 5.41) is 0. The molecule has 0 aliphatic rings. The Balaban J connectivity index is 2.39. The van der Waals surface area contributed by atoms with Gasteiger partial charge in [0, 0.05) is 16.0 Å². The first-order valence-electron chi connectivity index (χ1n) is 5.48. The molecular weight excluding hydrogens is 321 g/mol. The third-order valence-electron chi connectivity index (χ3n) is 2.08. The van der Waals surface area contributed by atoms with E-state index >= 15 is 0 Å². The van der Waals surface area contributed by atoms with Crippen LogP contribution < -0.4 is 5.73 Å². The van der Waals surface area contributed by atoms with Gasteiger partial charge in [0.25, 0.3) is 0 Å². The largest absolute Gasteiger partial charge is 0.465 e. The molecule has 2 N–H and O–H groups in total. The van der Waals surface area contributed by atoms with Crippen LogP contribution in [0, 0.1) is 5.82 Å². The van der Waals surface area contributed by atoms with Crippen molar-refractivity contribution in [3.63, 3.8) is 0 Å². The number of benzene rings is 1. The fourth-order valence-corrected chi connectivity index (χ4v) is 2.74. The van der Waals surface area contributed by atoms with E-state index in [1.807, 2.05) is 6.07 Å². The maximum atomic E-state index is 13.1. The monoisotopic (exact) mass is 335 g/mol. The molecule has 1 aromatic carbocycles. The van der Waals surface area contributed by atoms with E-state index in [-0.39, 0.29) is 5.82 Å². The average molecular weight is 336 g/mol. The summed E-state index contributed by atoms with van der Waals surface area (Å²) in [7, 11) is 0. The van der Waals surface area contributed by atoms with E-state index in [2.05, 4.69) is 15.9 Å². The number of ether oxygens (including phenoxy) is 1. The Bertz CT molecular complexity index is 397. The second-order valence-electron chi connectivity index (χ2n) is 3.65. The Hall–Kier alpha value is -0.590. The van der Waals surface area contributed by atoms with Crippen molar-refractivity contribution in [1.82, 2.24) is 0 Å². The molecule has 100 valence electrons. The van der Waals surface area contributed by atoms with Gasteiger partial charge >= 0.3 is 5.97 Å². The molecule has 1 aromatic rings. The maximum Gasteiger partial charge on any atom is 0.323 e. The molecular formula is C12H15BrFNO2S. The lowest BCUT2D eigenvalue weighted by Crippen LogP contribution is -2.34. The molecule has 1 atom stereocenters. The lowest BCUT2D eigenvalue weighted by atomic mass is 10.2. The Morgan fingerprint density at radius 1 is 1.56 bits per heavy atom. The Morgan fingerprint density at radius 3 is 2.89 bits per heavy atom. The summed E-state index contributed by atoms with van der Waals surface area (Å²) in [6.45, 7) is 2.07. The van der Waals surface area contributed by atoms with Crippen LogP contribution in [0.15, 0.2) is 22.7 Å². The van der Waals surface area contributed by atoms with Crippen LogP contribution in [0.1, 0.15) is 12.5 Å². The Kier molecular flexibility index (Phi) is 6.67. The smallest absolute Gasteiger partial charge is 0.323 e. The fraction of sp³-hybridized carbons (Fsp3) is 0.417. The number of carbonyl (C=O) groups is 1. The summed E-state index contributed by atoms with van der Waals surface area (Å²) in [6.07, 6.45) is 0. The predicted octanol–water partition coefficient (Wildman–Crippen LogP) is 2.71. The van der Waals surface area contributed by atoms with Gasteiger partial charge in [-0.05, 0) is 30.7 Å². The van der Waals surface area contributed by atoms with Crippen molar-refractivity contribution in [2.45, 2.75) is 18.7 Å². The van der Waals surface area contributed by atoms with E-state index in [0.717, 1.165) is 5.56 Å². The number of carbonyl (C=O) groups excluding carboxylic acids is 1. The first-order chi connectivity index (χ1) is 8.52. The summed E-state index contributed by atoms with van der Waals surface area (Å²) < 4.78 is 18.6. The normalized spacial score (nSPS) is 12.2. The summed E-state index contributed by atoms with van der Waals surface area (Å²) in [5.41, 5.74) is 6.50. The summed E-state index contributed by atoms with van der Waals surface area (Å²) >= 11 is 4.70. The number of rotatable bonds is 6. The van der Waals surface area contributed by atoms with Gasteiger partial charge in [-0.1, -0.05) is 15.9 Å². The zero-order valence-electron chi connectivity index (χ0n) is 9.99. The quantitative estimate of drug-likeness (QED) is 0.812. The van der Waals surface area contributed by atoms with Crippen LogP contribution in [-0.2, 0) is 15.3 Å². The van der Waals surface area contributed by atoms with Crippen LogP contribution in [-0.4, -0.2) is 24.4 Å². The molecule has 0 saturated heterocycles. The van der Waals surface area contributed by atoms with Gasteiger partial charge in [-0.3, -0.25) is 4.79 Å². The molecule has 0 aliphatic carbocycles. The van der Waals surface area contributed by atoms with Gasteiger partial charge in [-0.25, -0.2) is 4.39 Å². The molecule has 0 amide bonds. The van der Waals surface area contributed by atoms with Gasteiger partial charge in [-0.2, -0.15) is 11.8 Å². The number of thioether (sulfide) groups is 1. The standard InChI is InChI=1S/C12H15BrFNO2S/c1-2-17-12(16)11(15)7-18-6-8-3-9(13)5-10(14)4-8/h3-5,11H,2,6-7,15H2,1H3. The highest BCUT2D eigenvalue weighted by molar-refractivity contribution is 9.10. The molecule has 0 saturated carbocycles. The molecule has 18 heavy (non-hydrogen) atoms. The lowest BCUT2D eigenvalue weighted by Gasteiger charge is -2.10. The molecule has 6 heteroatoms. The van der Waals surface area contributed by atoms with Crippen molar-refractivity contribution in [3.8, 4) is 0 Å². The van der Waals surface area contributed by atoms with E-state index in [1.54, 1.807) is 6.92 Å². The van der Waals surface area contributed by atoms with Crippen LogP contribution in [0.3, 0.4) is 0 Å². The van der Waals surface area contributed by atoms with E-state index in [1.165, 1.54) is 23.9 Å². The van der Waals surface area contributed by atoms with Crippen molar-refractivity contribution in [3.05, 3.63) is 34.1 Å². The summed E-state index contributed by atoms with van der Waals surface area (Å²) in [5.74, 6) is 0.372. The summed E-state index contributed by atoms with van der Waals surface area (Å²) in [4.78, 5) is 11.3. The zero-order chi connectivity index (χ0) is 13.5. The minimum Gasteiger partial charge on any atom is -0.465 e. The average Bonchev–Trinajstić information content (AvgIpc) is 2.27. The highest BCUT2D eigenvalue weighted by Crippen LogP contribution is 2.19. The van der Waals surface area contributed by atoms with Crippen LogP contribution in [0.2, 0.25) is 0 Å². The molecule has 0 aliphatic heterocycles. The first kappa shape index (κ1) is 15.5. The van der Waals surface area contributed by atoms with Crippen molar-refractivity contribution >= 4 is 33.7 Å². The SMILES string of the molecule is CCOC(=O)C(N)CSCc1cc(F)cc(Br)c1. The third-order valence-corrected chi connectivity index (χ3v) is 3.67. The highest BCUT2D eigenvalue weighted by Gasteiger charge is 2.14. The maximum absolute atomic E-state index is 13.1. The highest BCUT2D eigenvalue weighted by atomic mass is 79.9. The molecule has 0 radical (unpaired) electrons. The molecule has 1 unspecified atom stereocenters. The zero-order valence-corrected chi connectivity index (χ0v) is 12.4.